The molecule has 15 heavy (non-hydrogen) atoms. The molecule has 0 heterocycles. The van der Waals surface area contributed by atoms with Crippen LogP contribution >= 0.6 is 11.8 Å². The van der Waals surface area contributed by atoms with Crippen LogP contribution in [0, 0.1) is 0 Å². The van der Waals surface area contributed by atoms with Crippen LogP contribution in [0.1, 0.15) is 26.7 Å². The number of carbonyl (C=O) groups excluding carboxylic acids is 1. The largest absolute Gasteiger partial charge is 0.396 e. The van der Waals surface area contributed by atoms with Gasteiger partial charge in [-0.25, -0.2) is 4.79 Å². The molecule has 3 N–H and O–H groups in total. The highest BCUT2D eigenvalue weighted by Gasteiger charge is 2.07. The standard InChI is InChI=1S/C10H22N2O2S/c1-8(5-4-6-13)12-10(14)11-7-9(2)15-3/h8-9,13H,4-7H2,1-3H3,(H2,11,12,14). The molecule has 2 unspecified atom stereocenters. The van der Waals surface area contributed by atoms with Crippen molar-refractivity contribution >= 4 is 17.8 Å². The Labute approximate surface area is 96.2 Å². The van der Waals surface area contributed by atoms with Crippen molar-refractivity contribution in [2.75, 3.05) is 19.4 Å². The molecule has 0 saturated carbocycles. The zero-order valence-electron chi connectivity index (χ0n) is 9.75. The number of amides is 2. The van der Waals surface area contributed by atoms with E-state index < -0.39 is 0 Å². The Bertz CT molecular complexity index is 179. The van der Waals surface area contributed by atoms with Gasteiger partial charge in [0, 0.05) is 24.4 Å². The fourth-order valence-electron chi connectivity index (χ4n) is 1.06. The van der Waals surface area contributed by atoms with Gasteiger partial charge in [-0.3, -0.25) is 0 Å². The number of thioether (sulfide) groups is 1. The minimum atomic E-state index is -0.124. The highest BCUT2D eigenvalue weighted by Crippen LogP contribution is 2.02. The summed E-state index contributed by atoms with van der Waals surface area (Å²) >= 11 is 1.72. The predicted molar refractivity (Wildman–Crippen MR) is 65.3 cm³/mol. The average molecular weight is 234 g/mol. The van der Waals surface area contributed by atoms with E-state index in [1.54, 1.807) is 11.8 Å². The van der Waals surface area contributed by atoms with Crippen molar-refractivity contribution in [2.45, 2.75) is 38.0 Å². The quantitative estimate of drug-likeness (QED) is 0.620. The zero-order chi connectivity index (χ0) is 11.7. The number of aliphatic hydroxyl groups is 1. The fraction of sp³-hybridized carbons (Fsp3) is 0.900. The Morgan fingerprint density at radius 2 is 2.13 bits per heavy atom. The van der Waals surface area contributed by atoms with Gasteiger partial charge in [-0.2, -0.15) is 11.8 Å². The van der Waals surface area contributed by atoms with E-state index in [4.69, 9.17) is 5.11 Å². The second kappa shape index (κ2) is 8.85. The molecule has 0 aromatic heterocycles. The molecule has 2 amide bonds. The third-order valence-corrected chi connectivity index (χ3v) is 3.10. The molecule has 0 aliphatic carbocycles. The summed E-state index contributed by atoms with van der Waals surface area (Å²) in [4.78, 5) is 11.3. The van der Waals surface area contributed by atoms with Gasteiger partial charge in [0.1, 0.15) is 0 Å². The lowest BCUT2D eigenvalue weighted by Crippen LogP contribution is -2.42. The molecular formula is C10H22N2O2S. The first-order valence-corrected chi connectivity index (χ1v) is 6.57. The van der Waals surface area contributed by atoms with Crippen molar-refractivity contribution in [3.63, 3.8) is 0 Å². The number of urea groups is 1. The van der Waals surface area contributed by atoms with Gasteiger partial charge in [-0.1, -0.05) is 6.92 Å². The van der Waals surface area contributed by atoms with Crippen molar-refractivity contribution in [1.82, 2.24) is 10.6 Å². The Hall–Kier alpha value is -0.420. The topological polar surface area (TPSA) is 61.4 Å². The van der Waals surface area contributed by atoms with Gasteiger partial charge in [0.05, 0.1) is 0 Å². The van der Waals surface area contributed by atoms with Crippen LogP contribution < -0.4 is 10.6 Å². The van der Waals surface area contributed by atoms with E-state index in [1.807, 2.05) is 13.2 Å². The maximum absolute atomic E-state index is 11.3. The molecule has 5 heteroatoms. The summed E-state index contributed by atoms with van der Waals surface area (Å²) in [5, 5.41) is 14.7. The summed E-state index contributed by atoms with van der Waals surface area (Å²) in [5.41, 5.74) is 0. The third kappa shape index (κ3) is 8.57. The summed E-state index contributed by atoms with van der Waals surface area (Å²) in [5.74, 6) is 0. The van der Waals surface area contributed by atoms with Gasteiger partial charge in [-0.15, -0.1) is 0 Å². The van der Waals surface area contributed by atoms with E-state index in [2.05, 4.69) is 17.6 Å². The maximum Gasteiger partial charge on any atom is 0.315 e. The number of aliphatic hydroxyl groups excluding tert-OH is 1. The molecule has 0 aliphatic rings. The molecule has 0 aromatic carbocycles. The smallest absolute Gasteiger partial charge is 0.315 e. The van der Waals surface area contributed by atoms with Crippen LogP contribution in [0.4, 0.5) is 4.79 Å². The average Bonchev–Trinajstić information content (AvgIpc) is 2.22. The third-order valence-electron chi connectivity index (χ3n) is 2.13. The first-order chi connectivity index (χ1) is 7.10. The summed E-state index contributed by atoms with van der Waals surface area (Å²) < 4.78 is 0. The van der Waals surface area contributed by atoms with E-state index in [-0.39, 0.29) is 18.7 Å². The molecular weight excluding hydrogens is 212 g/mol. The van der Waals surface area contributed by atoms with E-state index in [1.165, 1.54) is 0 Å². The van der Waals surface area contributed by atoms with Gasteiger partial charge in [0.2, 0.25) is 0 Å². The first-order valence-electron chi connectivity index (χ1n) is 5.28. The SMILES string of the molecule is CSC(C)CNC(=O)NC(C)CCCO. The lowest BCUT2D eigenvalue weighted by atomic mass is 10.2. The minimum Gasteiger partial charge on any atom is -0.396 e. The number of carbonyl (C=O) groups is 1. The lowest BCUT2D eigenvalue weighted by Gasteiger charge is -2.15. The van der Waals surface area contributed by atoms with Gasteiger partial charge < -0.3 is 15.7 Å². The predicted octanol–water partition coefficient (Wildman–Crippen LogP) is 1.20. The Kier molecular flexibility index (Phi) is 8.61. The maximum atomic E-state index is 11.3. The van der Waals surface area contributed by atoms with Gasteiger partial charge in [0.25, 0.3) is 0 Å². The molecule has 0 bridgehead atoms. The Morgan fingerprint density at radius 3 is 2.67 bits per heavy atom. The molecule has 4 nitrogen and oxygen atoms in total. The molecule has 0 rings (SSSR count). The normalized spacial score (nSPS) is 14.4. The van der Waals surface area contributed by atoms with Crippen molar-refractivity contribution < 1.29 is 9.90 Å². The number of rotatable bonds is 7. The second-order valence-electron chi connectivity index (χ2n) is 3.67. The van der Waals surface area contributed by atoms with Crippen LogP contribution in [0.3, 0.4) is 0 Å². The van der Waals surface area contributed by atoms with E-state index >= 15 is 0 Å². The summed E-state index contributed by atoms with van der Waals surface area (Å²) in [6, 6.07) is -0.0110. The van der Waals surface area contributed by atoms with Crippen molar-refractivity contribution in [1.29, 1.82) is 0 Å². The van der Waals surface area contributed by atoms with Crippen molar-refractivity contribution in [3.8, 4) is 0 Å². The highest BCUT2D eigenvalue weighted by atomic mass is 32.2. The molecule has 0 fully saturated rings. The van der Waals surface area contributed by atoms with Crippen LogP contribution in [0.15, 0.2) is 0 Å². The molecule has 0 aromatic rings. The summed E-state index contributed by atoms with van der Waals surface area (Å²) in [7, 11) is 0. The van der Waals surface area contributed by atoms with E-state index in [0.717, 1.165) is 12.8 Å². The summed E-state index contributed by atoms with van der Waals surface area (Å²) in [6.45, 7) is 4.87. The van der Waals surface area contributed by atoms with E-state index in [0.29, 0.717) is 11.8 Å². The van der Waals surface area contributed by atoms with Crippen LogP contribution in [0.2, 0.25) is 0 Å². The molecule has 2 atom stereocenters. The molecule has 0 radical (unpaired) electrons. The molecule has 0 saturated heterocycles. The molecule has 90 valence electrons. The lowest BCUT2D eigenvalue weighted by molar-refractivity contribution is 0.234. The fourth-order valence-corrected chi connectivity index (χ4v) is 1.31. The number of hydrogen-bond donors (Lipinski definition) is 3. The van der Waals surface area contributed by atoms with E-state index in [9.17, 15) is 4.79 Å². The minimum absolute atomic E-state index is 0.113. The second-order valence-corrected chi connectivity index (χ2v) is 4.94. The van der Waals surface area contributed by atoms with Crippen LogP contribution in [-0.4, -0.2) is 41.8 Å². The first kappa shape index (κ1) is 14.6. The van der Waals surface area contributed by atoms with Crippen LogP contribution in [0.5, 0.6) is 0 Å². The van der Waals surface area contributed by atoms with Crippen LogP contribution in [-0.2, 0) is 0 Å². The number of hydrogen-bond acceptors (Lipinski definition) is 3. The van der Waals surface area contributed by atoms with Crippen LogP contribution in [0.25, 0.3) is 0 Å². The van der Waals surface area contributed by atoms with Gasteiger partial charge in [0.15, 0.2) is 0 Å². The Balaban J connectivity index is 3.55. The van der Waals surface area contributed by atoms with Gasteiger partial charge in [-0.05, 0) is 26.0 Å². The summed E-state index contributed by atoms with van der Waals surface area (Å²) in [6.07, 6.45) is 3.55. The number of nitrogens with one attached hydrogen (secondary N) is 2. The van der Waals surface area contributed by atoms with Gasteiger partial charge >= 0.3 is 6.03 Å². The molecule has 0 spiro atoms. The molecule has 0 aliphatic heterocycles. The highest BCUT2D eigenvalue weighted by molar-refractivity contribution is 7.99. The monoisotopic (exact) mass is 234 g/mol. The van der Waals surface area contributed by atoms with Crippen molar-refractivity contribution in [3.05, 3.63) is 0 Å². The Morgan fingerprint density at radius 1 is 1.47 bits per heavy atom. The zero-order valence-corrected chi connectivity index (χ0v) is 10.6. The van der Waals surface area contributed by atoms with Crippen molar-refractivity contribution in [2.24, 2.45) is 0 Å².